The number of aryl methyl sites for hydroxylation is 1. The Morgan fingerprint density at radius 1 is 1.23 bits per heavy atom. The summed E-state index contributed by atoms with van der Waals surface area (Å²) in [6.45, 7) is 0. The second kappa shape index (κ2) is 8.24. The minimum atomic E-state index is -0.341. The van der Waals surface area contributed by atoms with E-state index in [1.54, 1.807) is 7.11 Å². The van der Waals surface area contributed by atoms with Crippen LogP contribution in [0.2, 0.25) is 0 Å². The quantitative estimate of drug-likeness (QED) is 0.697. The first-order valence-corrected chi connectivity index (χ1v) is 8.16. The van der Waals surface area contributed by atoms with Crippen molar-refractivity contribution in [1.82, 2.24) is 10.1 Å². The van der Waals surface area contributed by atoms with Crippen LogP contribution in [-0.4, -0.2) is 23.2 Å². The predicted octanol–water partition coefficient (Wildman–Crippen LogP) is 3.85. The second-order valence-corrected chi connectivity index (χ2v) is 5.65. The van der Waals surface area contributed by atoms with Gasteiger partial charge in [0.2, 0.25) is 17.6 Å². The van der Waals surface area contributed by atoms with Crippen molar-refractivity contribution in [3.63, 3.8) is 0 Å². The normalized spacial score (nSPS) is 10.5. The van der Waals surface area contributed by atoms with Crippen molar-refractivity contribution in [2.24, 2.45) is 0 Å². The lowest BCUT2D eigenvalue weighted by atomic mass is 10.2. The second-order valence-electron chi connectivity index (χ2n) is 5.65. The Bertz CT molecular complexity index is 878. The van der Waals surface area contributed by atoms with Gasteiger partial charge in [0.15, 0.2) is 0 Å². The fraction of sp³-hybridized carbons (Fsp3) is 0.211. The summed E-state index contributed by atoms with van der Waals surface area (Å²) in [5.74, 6) is 1.17. The number of ether oxygens (including phenoxy) is 1. The number of nitrogens with one attached hydrogen (secondary N) is 1. The summed E-state index contributed by atoms with van der Waals surface area (Å²) in [5, 5.41) is 6.67. The average Bonchev–Trinajstić information content (AvgIpc) is 3.13. The van der Waals surface area contributed by atoms with Gasteiger partial charge in [0, 0.05) is 24.1 Å². The molecule has 0 saturated carbocycles. The van der Waals surface area contributed by atoms with Gasteiger partial charge < -0.3 is 14.6 Å². The van der Waals surface area contributed by atoms with Crippen LogP contribution in [0, 0.1) is 5.82 Å². The highest BCUT2D eigenvalue weighted by Gasteiger charge is 2.10. The molecule has 0 saturated heterocycles. The van der Waals surface area contributed by atoms with Gasteiger partial charge >= 0.3 is 0 Å². The SMILES string of the molecule is COc1cccc(-c2noc(CCCC(=O)Nc3ccc(F)cc3)n2)c1. The van der Waals surface area contributed by atoms with Gasteiger partial charge in [-0.25, -0.2) is 4.39 Å². The Labute approximate surface area is 150 Å². The van der Waals surface area contributed by atoms with Crippen molar-refractivity contribution in [1.29, 1.82) is 0 Å². The number of hydrogen-bond acceptors (Lipinski definition) is 5. The number of rotatable bonds is 7. The molecule has 0 spiro atoms. The summed E-state index contributed by atoms with van der Waals surface area (Å²) in [4.78, 5) is 16.2. The molecule has 1 amide bonds. The molecule has 6 nitrogen and oxygen atoms in total. The Hall–Kier alpha value is -3.22. The van der Waals surface area contributed by atoms with Gasteiger partial charge in [0.25, 0.3) is 0 Å². The standard InChI is InChI=1S/C19H18FN3O3/c1-25-16-5-2-4-13(12-16)19-22-18(26-23-19)7-3-6-17(24)21-15-10-8-14(20)9-11-15/h2,4-5,8-12H,3,6-7H2,1H3,(H,21,24). The molecule has 0 fully saturated rings. The van der Waals surface area contributed by atoms with Gasteiger partial charge in [0.05, 0.1) is 7.11 Å². The van der Waals surface area contributed by atoms with E-state index >= 15 is 0 Å². The summed E-state index contributed by atoms with van der Waals surface area (Å²) in [6, 6.07) is 13.0. The zero-order chi connectivity index (χ0) is 18.4. The maximum atomic E-state index is 12.8. The molecule has 0 aliphatic heterocycles. The highest BCUT2D eigenvalue weighted by molar-refractivity contribution is 5.90. The van der Waals surface area contributed by atoms with Crippen LogP contribution < -0.4 is 10.1 Å². The number of hydrogen-bond donors (Lipinski definition) is 1. The number of carbonyl (C=O) groups is 1. The first-order valence-electron chi connectivity index (χ1n) is 8.16. The minimum absolute atomic E-state index is 0.149. The van der Waals surface area contributed by atoms with Gasteiger partial charge in [-0.3, -0.25) is 4.79 Å². The van der Waals surface area contributed by atoms with Gasteiger partial charge in [-0.15, -0.1) is 0 Å². The van der Waals surface area contributed by atoms with Crippen molar-refractivity contribution >= 4 is 11.6 Å². The molecule has 7 heteroatoms. The van der Waals surface area contributed by atoms with E-state index in [4.69, 9.17) is 9.26 Å². The number of carbonyl (C=O) groups excluding carboxylic acids is 1. The van der Waals surface area contributed by atoms with Crippen LogP contribution in [0.25, 0.3) is 11.4 Å². The van der Waals surface area contributed by atoms with Crippen LogP contribution in [0.1, 0.15) is 18.7 Å². The van der Waals surface area contributed by atoms with Gasteiger partial charge in [-0.2, -0.15) is 4.98 Å². The molecule has 134 valence electrons. The molecule has 2 aromatic carbocycles. The fourth-order valence-electron chi connectivity index (χ4n) is 2.39. The van der Waals surface area contributed by atoms with Crippen molar-refractivity contribution in [3.05, 3.63) is 60.2 Å². The van der Waals surface area contributed by atoms with Crippen LogP contribution >= 0.6 is 0 Å². The summed E-state index contributed by atoms with van der Waals surface area (Å²) in [6.07, 6.45) is 1.36. The van der Waals surface area contributed by atoms with E-state index in [9.17, 15) is 9.18 Å². The summed E-state index contributed by atoms with van der Waals surface area (Å²) >= 11 is 0. The molecule has 26 heavy (non-hydrogen) atoms. The molecule has 0 atom stereocenters. The molecule has 3 aromatic rings. The van der Waals surface area contributed by atoms with E-state index in [-0.39, 0.29) is 11.7 Å². The Balaban J connectivity index is 1.50. The molecule has 3 rings (SSSR count). The zero-order valence-electron chi connectivity index (χ0n) is 14.2. The molecule has 1 N–H and O–H groups in total. The molecular formula is C19H18FN3O3. The van der Waals surface area contributed by atoms with E-state index < -0.39 is 0 Å². The van der Waals surface area contributed by atoms with Gasteiger partial charge in [-0.05, 0) is 42.8 Å². The van der Waals surface area contributed by atoms with Gasteiger partial charge in [0.1, 0.15) is 11.6 Å². The van der Waals surface area contributed by atoms with E-state index in [2.05, 4.69) is 15.5 Å². The summed E-state index contributed by atoms with van der Waals surface area (Å²) in [7, 11) is 1.59. The number of halogens is 1. The number of nitrogens with zero attached hydrogens (tertiary/aromatic N) is 2. The van der Waals surface area contributed by atoms with E-state index in [0.29, 0.717) is 42.4 Å². The van der Waals surface area contributed by atoms with Crippen LogP contribution in [-0.2, 0) is 11.2 Å². The number of benzene rings is 2. The van der Waals surface area contributed by atoms with E-state index in [0.717, 1.165) is 5.56 Å². The smallest absolute Gasteiger partial charge is 0.226 e. The lowest BCUT2D eigenvalue weighted by Crippen LogP contribution is -2.11. The zero-order valence-corrected chi connectivity index (χ0v) is 14.2. The first kappa shape index (κ1) is 17.6. The fourth-order valence-corrected chi connectivity index (χ4v) is 2.39. The lowest BCUT2D eigenvalue weighted by molar-refractivity contribution is -0.116. The predicted molar refractivity (Wildman–Crippen MR) is 94.3 cm³/mol. The topological polar surface area (TPSA) is 77.2 Å². The molecule has 0 aliphatic rings. The van der Waals surface area contributed by atoms with E-state index in [1.807, 2.05) is 24.3 Å². The molecule has 0 unspecified atom stereocenters. The van der Waals surface area contributed by atoms with Crippen LogP contribution in [0.15, 0.2) is 53.1 Å². The van der Waals surface area contributed by atoms with Crippen LogP contribution in [0.5, 0.6) is 5.75 Å². The molecule has 0 aliphatic carbocycles. The molecular weight excluding hydrogens is 337 g/mol. The highest BCUT2D eigenvalue weighted by atomic mass is 19.1. The maximum Gasteiger partial charge on any atom is 0.226 e. The molecule has 1 heterocycles. The number of methoxy groups -OCH3 is 1. The van der Waals surface area contributed by atoms with Crippen molar-refractivity contribution in [2.45, 2.75) is 19.3 Å². The number of amides is 1. The number of aromatic nitrogens is 2. The number of anilines is 1. The van der Waals surface area contributed by atoms with Crippen LogP contribution in [0.3, 0.4) is 0 Å². The Morgan fingerprint density at radius 3 is 2.81 bits per heavy atom. The third kappa shape index (κ3) is 4.66. The largest absolute Gasteiger partial charge is 0.497 e. The molecule has 0 radical (unpaired) electrons. The first-order chi connectivity index (χ1) is 12.6. The lowest BCUT2D eigenvalue weighted by Gasteiger charge is -2.04. The highest BCUT2D eigenvalue weighted by Crippen LogP contribution is 2.21. The monoisotopic (exact) mass is 355 g/mol. The minimum Gasteiger partial charge on any atom is -0.497 e. The average molecular weight is 355 g/mol. The van der Waals surface area contributed by atoms with Crippen molar-refractivity contribution in [3.8, 4) is 17.1 Å². The molecule has 0 bridgehead atoms. The van der Waals surface area contributed by atoms with Crippen molar-refractivity contribution in [2.75, 3.05) is 12.4 Å². The maximum absolute atomic E-state index is 12.8. The summed E-state index contributed by atoms with van der Waals surface area (Å²) in [5.41, 5.74) is 1.36. The molecule has 1 aromatic heterocycles. The van der Waals surface area contributed by atoms with E-state index in [1.165, 1.54) is 24.3 Å². The Morgan fingerprint density at radius 2 is 2.04 bits per heavy atom. The van der Waals surface area contributed by atoms with Crippen LogP contribution in [0.4, 0.5) is 10.1 Å². The third-order valence-corrected chi connectivity index (χ3v) is 3.72. The Kier molecular flexibility index (Phi) is 5.58. The summed E-state index contributed by atoms with van der Waals surface area (Å²) < 4.78 is 23.2. The van der Waals surface area contributed by atoms with Crippen molar-refractivity contribution < 1.29 is 18.4 Å². The third-order valence-electron chi connectivity index (χ3n) is 3.72. The van der Waals surface area contributed by atoms with Gasteiger partial charge in [-0.1, -0.05) is 17.3 Å².